The molecular weight excluding hydrogens is 387 g/mol. The maximum absolute atomic E-state index is 6.27. The summed E-state index contributed by atoms with van der Waals surface area (Å²) in [6, 6.07) is 26.1. The summed E-state index contributed by atoms with van der Waals surface area (Å²) in [7, 11) is -0.501. The number of ether oxygens (including phenoxy) is 2. The Morgan fingerprint density at radius 2 is 1.19 bits per heavy atom. The Bertz CT molecular complexity index is 986. The second-order valence-electron chi connectivity index (χ2n) is 8.84. The van der Waals surface area contributed by atoms with Crippen LogP contribution in [0.2, 0.25) is 0 Å². The highest BCUT2D eigenvalue weighted by molar-refractivity contribution is 6.63. The normalized spacial score (nSPS) is 16.8. The van der Waals surface area contributed by atoms with Crippen molar-refractivity contribution < 1.29 is 18.8 Å². The summed E-state index contributed by atoms with van der Waals surface area (Å²) in [5.41, 5.74) is 2.23. The van der Waals surface area contributed by atoms with Crippen LogP contribution in [0.15, 0.2) is 78.9 Å². The van der Waals surface area contributed by atoms with Crippen molar-refractivity contribution in [2.75, 3.05) is 0 Å². The molecule has 1 saturated heterocycles. The summed E-state index contributed by atoms with van der Waals surface area (Å²) < 4.78 is 24.8. The average Bonchev–Trinajstić information content (AvgIpc) is 2.99. The lowest BCUT2D eigenvalue weighted by Crippen LogP contribution is -2.41. The lowest BCUT2D eigenvalue weighted by atomic mass is 9.78. The minimum Gasteiger partial charge on any atom is -0.489 e. The Hall–Kier alpha value is -2.76. The summed E-state index contributed by atoms with van der Waals surface area (Å²) in [5.74, 6) is 1.44. The molecule has 3 aromatic rings. The minimum atomic E-state index is -0.501. The van der Waals surface area contributed by atoms with Gasteiger partial charge in [0.2, 0.25) is 0 Å². The standard InChI is InChI=1S/C26H29BO4/c1-25(2)26(3,4)31-27(30-25)23-16-15-22(28-18-20-11-7-5-8-12-20)17-24(23)29-19-21-13-9-6-10-14-21/h5-17H,18-19H2,1-4H3. The van der Waals surface area contributed by atoms with Gasteiger partial charge in [0.15, 0.2) is 0 Å². The van der Waals surface area contributed by atoms with Gasteiger partial charge in [-0.05, 0) is 44.9 Å². The summed E-state index contributed by atoms with van der Waals surface area (Å²) in [4.78, 5) is 0. The third kappa shape index (κ3) is 4.95. The van der Waals surface area contributed by atoms with Crippen LogP contribution in [-0.2, 0) is 22.5 Å². The van der Waals surface area contributed by atoms with E-state index in [9.17, 15) is 0 Å². The van der Waals surface area contributed by atoms with Crippen molar-refractivity contribution in [3.63, 3.8) is 0 Å². The predicted molar refractivity (Wildman–Crippen MR) is 124 cm³/mol. The van der Waals surface area contributed by atoms with Crippen LogP contribution in [0.3, 0.4) is 0 Å². The second-order valence-corrected chi connectivity index (χ2v) is 8.84. The van der Waals surface area contributed by atoms with Crippen LogP contribution < -0.4 is 14.9 Å². The van der Waals surface area contributed by atoms with Gasteiger partial charge in [-0.1, -0.05) is 66.7 Å². The van der Waals surface area contributed by atoms with E-state index in [2.05, 4.69) is 27.7 Å². The zero-order valence-corrected chi connectivity index (χ0v) is 18.6. The van der Waals surface area contributed by atoms with E-state index in [0.29, 0.717) is 19.0 Å². The molecule has 4 rings (SSSR count). The largest absolute Gasteiger partial charge is 0.498 e. The Morgan fingerprint density at radius 1 is 0.677 bits per heavy atom. The van der Waals surface area contributed by atoms with Crippen molar-refractivity contribution in [2.24, 2.45) is 0 Å². The van der Waals surface area contributed by atoms with Gasteiger partial charge in [0.25, 0.3) is 0 Å². The van der Waals surface area contributed by atoms with Gasteiger partial charge in [0.1, 0.15) is 24.7 Å². The van der Waals surface area contributed by atoms with E-state index < -0.39 is 18.3 Å². The molecule has 1 fully saturated rings. The Kier molecular flexibility index (Phi) is 6.08. The summed E-state index contributed by atoms with van der Waals surface area (Å²) in [6.45, 7) is 9.15. The molecule has 0 radical (unpaired) electrons. The first-order chi connectivity index (χ1) is 14.8. The van der Waals surface area contributed by atoms with Crippen LogP contribution >= 0.6 is 0 Å². The molecule has 4 nitrogen and oxygen atoms in total. The van der Waals surface area contributed by atoms with E-state index >= 15 is 0 Å². The quantitative estimate of drug-likeness (QED) is 0.500. The highest BCUT2D eigenvalue weighted by Crippen LogP contribution is 2.37. The molecule has 0 bridgehead atoms. The average molecular weight is 416 g/mol. The van der Waals surface area contributed by atoms with Gasteiger partial charge in [-0.2, -0.15) is 0 Å². The summed E-state index contributed by atoms with van der Waals surface area (Å²) >= 11 is 0. The molecule has 5 heteroatoms. The molecule has 1 aliphatic rings. The first kappa shape index (κ1) is 21.5. The fourth-order valence-corrected chi connectivity index (χ4v) is 3.37. The lowest BCUT2D eigenvalue weighted by Gasteiger charge is -2.32. The molecular formula is C26H29BO4. The van der Waals surface area contributed by atoms with E-state index in [1.807, 2.05) is 78.9 Å². The van der Waals surface area contributed by atoms with Crippen LogP contribution in [0.5, 0.6) is 11.5 Å². The van der Waals surface area contributed by atoms with E-state index in [-0.39, 0.29) is 0 Å². The molecule has 1 aliphatic heterocycles. The molecule has 0 amide bonds. The van der Waals surface area contributed by atoms with Crippen LogP contribution in [0.25, 0.3) is 0 Å². The summed E-state index contributed by atoms with van der Waals surface area (Å²) in [6.07, 6.45) is 0. The third-order valence-corrected chi connectivity index (χ3v) is 5.98. The van der Waals surface area contributed by atoms with Crippen LogP contribution in [0.4, 0.5) is 0 Å². The molecule has 0 N–H and O–H groups in total. The van der Waals surface area contributed by atoms with E-state index in [1.165, 1.54) is 0 Å². The number of rotatable bonds is 7. The maximum Gasteiger partial charge on any atom is 0.498 e. The van der Waals surface area contributed by atoms with Gasteiger partial charge < -0.3 is 18.8 Å². The Balaban J connectivity index is 1.57. The van der Waals surface area contributed by atoms with Gasteiger partial charge in [-0.15, -0.1) is 0 Å². The van der Waals surface area contributed by atoms with Gasteiger partial charge in [0, 0.05) is 11.5 Å². The number of hydrogen-bond donors (Lipinski definition) is 0. The van der Waals surface area contributed by atoms with Gasteiger partial charge in [-0.25, -0.2) is 0 Å². The molecule has 0 atom stereocenters. The maximum atomic E-state index is 6.27. The number of hydrogen-bond acceptors (Lipinski definition) is 4. The molecule has 0 aromatic heterocycles. The van der Waals surface area contributed by atoms with Crippen molar-refractivity contribution in [3.05, 3.63) is 90.0 Å². The van der Waals surface area contributed by atoms with E-state index in [0.717, 1.165) is 22.3 Å². The third-order valence-electron chi connectivity index (χ3n) is 5.98. The van der Waals surface area contributed by atoms with Crippen LogP contribution in [-0.4, -0.2) is 18.3 Å². The fraction of sp³-hybridized carbons (Fsp3) is 0.308. The zero-order chi connectivity index (χ0) is 21.9. The van der Waals surface area contributed by atoms with Crippen molar-refractivity contribution in [3.8, 4) is 11.5 Å². The Labute approximate surface area is 185 Å². The molecule has 1 heterocycles. The van der Waals surface area contributed by atoms with Crippen molar-refractivity contribution in [2.45, 2.75) is 52.1 Å². The highest BCUT2D eigenvalue weighted by Gasteiger charge is 2.52. The Morgan fingerprint density at radius 3 is 1.74 bits per heavy atom. The fourth-order valence-electron chi connectivity index (χ4n) is 3.37. The molecule has 0 saturated carbocycles. The van der Waals surface area contributed by atoms with E-state index in [1.54, 1.807) is 0 Å². The number of benzene rings is 3. The molecule has 0 unspecified atom stereocenters. The first-order valence-corrected chi connectivity index (χ1v) is 10.7. The molecule has 160 valence electrons. The molecule has 0 aliphatic carbocycles. The van der Waals surface area contributed by atoms with Crippen molar-refractivity contribution in [1.29, 1.82) is 0 Å². The minimum absolute atomic E-state index is 0.420. The molecule has 3 aromatic carbocycles. The molecule has 31 heavy (non-hydrogen) atoms. The monoisotopic (exact) mass is 416 g/mol. The SMILES string of the molecule is CC1(C)OB(c2ccc(OCc3ccccc3)cc2OCc2ccccc2)OC1(C)C. The summed E-state index contributed by atoms with van der Waals surface area (Å²) in [5, 5.41) is 0. The topological polar surface area (TPSA) is 36.9 Å². The van der Waals surface area contributed by atoms with Gasteiger partial charge in [-0.3, -0.25) is 0 Å². The first-order valence-electron chi connectivity index (χ1n) is 10.7. The molecule has 0 spiro atoms. The van der Waals surface area contributed by atoms with E-state index in [4.69, 9.17) is 18.8 Å². The van der Waals surface area contributed by atoms with Gasteiger partial charge in [0.05, 0.1) is 11.2 Å². The van der Waals surface area contributed by atoms with Crippen LogP contribution in [0, 0.1) is 0 Å². The second kappa shape index (κ2) is 8.78. The van der Waals surface area contributed by atoms with Crippen molar-refractivity contribution >= 4 is 12.6 Å². The van der Waals surface area contributed by atoms with Crippen molar-refractivity contribution in [1.82, 2.24) is 0 Å². The zero-order valence-electron chi connectivity index (χ0n) is 18.6. The predicted octanol–water partition coefficient (Wildman–Crippen LogP) is 5.14. The van der Waals surface area contributed by atoms with Gasteiger partial charge >= 0.3 is 7.12 Å². The smallest absolute Gasteiger partial charge is 0.489 e. The lowest BCUT2D eigenvalue weighted by molar-refractivity contribution is 0.00578. The van der Waals surface area contributed by atoms with Crippen LogP contribution in [0.1, 0.15) is 38.8 Å². The highest BCUT2D eigenvalue weighted by atomic mass is 16.7.